The van der Waals surface area contributed by atoms with Gasteiger partial charge in [0.2, 0.25) is 0 Å². The molecule has 1 atom stereocenters. The van der Waals surface area contributed by atoms with Crippen LogP contribution in [-0.2, 0) is 4.79 Å². The summed E-state index contributed by atoms with van der Waals surface area (Å²) in [7, 11) is 0. The average molecular weight is 216 g/mol. The second kappa shape index (κ2) is 7.09. The van der Waals surface area contributed by atoms with Crippen LogP contribution in [0.4, 0.5) is 4.79 Å². The standard InChI is InChI=1S/C10H20N2O3/c1-4-6-7-12(5-2)10(15)11-8(3)9(13)14/h8H,4-7H2,1-3H3,(H,11,15)(H,13,14)/t8-/m0/s1. The number of aliphatic carboxylic acids is 1. The molecule has 0 aliphatic carbocycles. The van der Waals surface area contributed by atoms with E-state index in [1.807, 2.05) is 13.8 Å². The molecule has 0 aromatic rings. The molecular formula is C10H20N2O3. The fourth-order valence-corrected chi connectivity index (χ4v) is 1.09. The SMILES string of the molecule is CCCCN(CC)C(=O)N[C@@H](C)C(=O)O. The number of rotatable bonds is 6. The lowest BCUT2D eigenvalue weighted by Crippen LogP contribution is -2.46. The lowest BCUT2D eigenvalue weighted by Gasteiger charge is -2.22. The van der Waals surface area contributed by atoms with Gasteiger partial charge in [-0.05, 0) is 20.3 Å². The molecule has 0 rings (SSSR count). The number of carbonyl (C=O) groups is 2. The summed E-state index contributed by atoms with van der Waals surface area (Å²) in [6.45, 7) is 6.64. The number of carboxylic acid groups (broad SMARTS) is 1. The number of carboxylic acids is 1. The Kier molecular flexibility index (Phi) is 6.49. The predicted molar refractivity (Wildman–Crippen MR) is 57.8 cm³/mol. The summed E-state index contributed by atoms with van der Waals surface area (Å²) in [4.78, 5) is 23.7. The Morgan fingerprint density at radius 2 is 2.00 bits per heavy atom. The summed E-state index contributed by atoms with van der Waals surface area (Å²) >= 11 is 0. The summed E-state index contributed by atoms with van der Waals surface area (Å²) in [6.07, 6.45) is 1.95. The highest BCUT2D eigenvalue weighted by molar-refractivity contribution is 5.82. The average Bonchev–Trinajstić information content (AvgIpc) is 2.18. The zero-order chi connectivity index (χ0) is 11.8. The molecule has 0 fully saturated rings. The molecule has 0 saturated carbocycles. The predicted octanol–water partition coefficient (Wildman–Crippen LogP) is 1.29. The van der Waals surface area contributed by atoms with Gasteiger partial charge in [-0.1, -0.05) is 13.3 Å². The molecule has 0 unspecified atom stereocenters. The number of carbonyl (C=O) groups excluding carboxylic acids is 1. The van der Waals surface area contributed by atoms with Crippen LogP contribution in [0.3, 0.4) is 0 Å². The lowest BCUT2D eigenvalue weighted by atomic mass is 10.3. The van der Waals surface area contributed by atoms with Gasteiger partial charge in [0.15, 0.2) is 0 Å². The smallest absolute Gasteiger partial charge is 0.325 e. The number of amides is 2. The molecule has 0 aliphatic heterocycles. The fraction of sp³-hybridized carbons (Fsp3) is 0.800. The van der Waals surface area contributed by atoms with Crippen LogP contribution in [0, 0.1) is 0 Å². The van der Waals surface area contributed by atoms with Crippen molar-refractivity contribution in [3.8, 4) is 0 Å². The van der Waals surface area contributed by atoms with Gasteiger partial charge in [-0.2, -0.15) is 0 Å². The highest BCUT2D eigenvalue weighted by atomic mass is 16.4. The van der Waals surface area contributed by atoms with Crippen molar-refractivity contribution in [2.75, 3.05) is 13.1 Å². The van der Waals surface area contributed by atoms with Gasteiger partial charge in [0.05, 0.1) is 0 Å². The monoisotopic (exact) mass is 216 g/mol. The highest BCUT2D eigenvalue weighted by Gasteiger charge is 2.17. The molecule has 2 N–H and O–H groups in total. The van der Waals surface area contributed by atoms with E-state index in [-0.39, 0.29) is 6.03 Å². The number of unbranched alkanes of at least 4 members (excludes halogenated alkanes) is 1. The van der Waals surface area contributed by atoms with Gasteiger partial charge in [0.25, 0.3) is 0 Å². The third-order valence-electron chi connectivity index (χ3n) is 2.16. The van der Waals surface area contributed by atoms with E-state index in [9.17, 15) is 9.59 Å². The van der Waals surface area contributed by atoms with Crippen LogP contribution in [0.2, 0.25) is 0 Å². The quantitative estimate of drug-likeness (QED) is 0.703. The summed E-state index contributed by atoms with van der Waals surface area (Å²) in [6, 6.07) is -1.14. The molecule has 0 radical (unpaired) electrons. The van der Waals surface area contributed by atoms with Crippen LogP contribution in [0.5, 0.6) is 0 Å². The maximum atomic E-state index is 11.5. The lowest BCUT2D eigenvalue weighted by molar-refractivity contribution is -0.138. The topological polar surface area (TPSA) is 69.6 Å². The molecular weight excluding hydrogens is 196 g/mol. The molecule has 0 saturated heterocycles. The molecule has 15 heavy (non-hydrogen) atoms. The maximum absolute atomic E-state index is 11.5. The van der Waals surface area contributed by atoms with Crippen molar-refractivity contribution in [2.45, 2.75) is 39.7 Å². The van der Waals surface area contributed by atoms with Crippen molar-refractivity contribution in [2.24, 2.45) is 0 Å². The van der Waals surface area contributed by atoms with Crippen LogP contribution in [-0.4, -0.2) is 41.1 Å². The first-order valence-electron chi connectivity index (χ1n) is 5.31. The number of nitrogens with zero attached hydrogens (tertiary/aromatic N) is 1. The van der Waals surface area contributed by atoms with E-state index >= 15 is 0 Å². The molecule has 0 spiro atoms. The Hall–Kier alpha value is -1.26. The van der Waals surface area contributed by atoms with Crippen LogP contribution < -0.4 is 5.32 Å². The van der Waals surface area contributed by atoms with E-state index in [4.69, 9.17) is 5.11 Å². The van der Waals surface area contributed by atoms with E-state index in [0.29, 0.717) is 13.1 Å². The third kappa shape index (κ3) is 5.24. The largest absolute Gasteiger partial charge is 0.480 e. The van der Waals surface area contributed by atoms with Crippen LogP contribution in [0.15, 0.2) is 0 Å². The molecule has 5 heteroatoms. The van der Waals surface area contributed by atoms with E-state index < -0.39 is 12.0 Å². The van der Waals surface area contributed by atoms with Gasteiger partial charge in [0, 0.05) is 13.1 Å². The molecule has 0 aromatic carbocycles. The normalized spacial score (nSPS) is 11.9. The minimum absolute atomic E-state index is 0.305. The van der Waals surface area contributed by atoms with Crippen LogP contribution in [0.25, 0.3) is 0 Å². The van der Waals surface area contributed by atoms with Crippen molar-refractivity contribution in [3.05, 3.63) is 0 Å². The zero-order valence-corrected chi connectivity index (χ0v) is 9.62. The molecule has 0 heterocycles. The van der Waals surface area contributed by atoms with Crippen LogP contribution >= 0.6 is 0 Å². The van der Waals surface area contributed by atoms with Gasteiger partial charge in [-0.3, -0.25) is 4.79 Å². The van der Waals surface area contributed by atoms with Gasteiger partial charge < -0.3 is 15.3 Å². The van der Waals surface area contributed by atoms with E-state index in [1.54, 1.807) is 4.90 Å². The molecule has 0 bridgehead atoms. The summed E-state index contributed by atoms with van der Waals surface area (Å²) in [5, 5.41) is 11.1. The third-order valence-corrected chi connectivity index (χ3v) is 2.16. The first kappa shape index (κ1) is 13.7. The van der Waals surface area contributed by atoms with Gasteiger partial charge in [-0.15, -0.1) is 0 Å². The van der Waals surface area contributed by atoms with Gasteiger partial charge >= 0.3 is 12.0 Å². The molecule has 0 aromatic heterocycles. The minimum Gasteiger partial charge on any atom is -0.480 e. The summed E-state index contributed by atoms with van der Waals surface area (Å²) in [5.74, 6) is -1.02. The first-order chi connectivity index (χ1) is 7.02. The van der Waals surface area contributed by atoms with Gasteiger partial charge in [0.1, 0.15) is 6.04 Å². The van der Waals surface area contributed by atoms with E-state index in [0.717, 1.165) is 12.8 Å². The van der Waals surface area contributed by atoms with Crippen molar-refractivity contribution < 1.29 is 14.7 Å². The molecule has 88 valence electrons. The molecule has 5 nitrogen and oxygen atoms in total. The second-order valence-corrected chi connectivity index (χ2v) is 3.44. The van der Waals surface area contributed by atoms with Crippen molar-refractivity contribution in [1.29, 1.82) is 0 Å². The Labute approximate surface area is 90.5 Å². The van der Waals surface area contributed by atoms with E-state index in [1.165, 1.54) is 6.92 Å². The molecule has 0 aliphatic rings. The summed E-state index contributed by atoms with van der Waals surface area (Å²) in [5.41, 5.74) is 0. The van der Waals surface area contributed by atoms with Crippen molar-refractivity contribution >= 4 is 12.0 Å². The zero-order valence-electron chi connectivity index (χ0n) is 9.62. The van der Waals surface area contributed by atoms with Gasteiger partial charge in [-0.25, -0.2) is 4.79 Å². The second-order valence-electron chi connectivity index (χ2n) is 3.44. The number of hydrogen-bond donors (Lipinski definition) is 2. The minimum atomic E-state index is -1.02. The Balaban J connectivity index is 4.09. The Morgan fingerprint density at radius 1 is 1.40 bits per heavy atom. The fourth-order valence-electron chi connectivity index (χ4n) is 1.09. The van der Waals surface area contributed by atoms with Crippen LogP contribution in [0.1, 0.15) is 33.6 Å². The molecule has 2 amide bonds. The first-order valence-corrected chi connectivity index (χ1v) is 5.31. The summed E-state index contributed by atoms with van der Waals surface area (Å²) < 4.78 is 0. The Morgan fingerprint density at radius 3 is 2.40 bits per heavy atom. The Bertz CT molecular complexity index is 219. The number of nitrogens with one attached hydrogen (secondary N) is 1. The van der Waals surface area contributed by atoms with Crippen molar-refractivity contribution in [1.82, 2.24) is 10.2 Å². The van der Waals surface area contributed by atoms with E-state index in [2.05, 4.69) is 5.32 Å². The number of hydrogen-bond acceptors (Lipinski definition) is 2. The maximum Gasteiger partial charge on any atom is 0.325 e. The highest BCUT2D eigenvalue weighted by Crippen LogP contribution is 1.96. The van der Waals surface area contributed by atoms with Crippen molar-refractivity contribution in [3.63, 3.8) is 0 Å². The number of urea groups is 1.